The summed E-state index contributed by atoms with van der Waals surface area (Å²) in [6.07, 6.45) is 0.542. The van der Waals surface area contributed by atoms with E-state index >= 15 is 0 Å². The third-order valence-corrected chi connectivity index (χ3v) is 11.6. The molecule has 0 aliphatic carbocycles. The Kier molecular flexibility index (Phi) is 6.62. The molecule has 0 N–H and O–H groups in total. The molecule has 0 radical (unpaired) electrons. The van der Waals surface area contributed by atoms with Crippen LogP contribution in [-0.2, 0) is 22.2 Å². The molecule has 6 nitrogen and oxygen atoms in total. The summed E-state index contributed by atoms with van der Waals surface area (Å²) in [4.78, 5) is 7.12. The molecule has 1 fully saturated rings. The van der Waals surface area contributed by atoms with E-state index in [0.29, 0.717) is 31.8 Å². The highest BCUT2D eigenvalue weighted by molar-refractivity contribution is 6.74. The second kappa shape index (κ2) is 9.16. The molecule has 0 atom stereocenters. The summed E-state index contributed by atoms with van der Waals surface area (Å²) in [5, 5.41) is 5.05. The van der Waals surface area contributed by atoms with Gasteiger partial charge < -0.3 is 14.1 Å². The Morgan fingerprint density at radius 1 is 1.12 bits per heavy atom. The number of halogens is 1. The number of ether oxygens (including phenoxy) is 1. The Labute approximate surface area is 196 Å². The van der Waals surface area contributed by atoms with Gasteiger partial charge in [-0.2, -0.15) is 0 Å². The summed E-state index contributed by atoms with van der Waals surface area (Å²) in [5.41, 5.74) is 4.20. The number of imidazole rings is 1. The van der Waals surface area contributed by atoms with Crippen LogP contribution < -0.4 is 4.90 Å². The summed E-state index contributed by atoms with van der Waals surface area (Å²) in [5.74, 6) is 0.708. The molecule has 0 saturated carbocycles. The number of aromatic nitrogens is 3. The summed E-state index contributed by atoms with van der Waals surface area (Å²) < 4.78 is 28.2. The third kappa shape index (κ3) is 4.97. The van der Waals surface area contributed by atoms with Gasteiger partial charge in [0.2, 0.25) is 0 Å². The van der Waals surface area contributed by atoms with Crippen LogP contribution in [0.2, 0.25) is 18.1 Å². The molecule has 3 aromatic rings. The van der Waals surface area contributed by atoms with Crippen molar-refractivity contribution in [3.05, 3.63) is 58.7 Å². The zero-order valence-electron chi connectivity index (χ0n) is 20.6. The topological polar surface area (TPSA) is 51.9 Å². The Morgan fingerprint density at radius 2 is 1.85 bits per heavy atom. The molecule has 3 heterocycles. The second-order valence-corrected chi connectivity index (χ2v) is 15.1. The average molecular weight is 471 g/mol. The number of benzene rings is 1. The van der Waals surface area contributed by atoms with Gasteiger partial charge in [0.25, 0.3) is 0 Å². The van der Waals surface area contributed by atoms with Gasteiger partial charge in [-0.1, -0.05) is 32.9 Å². The number of nitrogens with zero attached hydrogens (tertiary/aromatic N) is 4. The van der Waals surface area contributed by atoms with Gasteiger partial charge in [-0.25, -0.2) is 13.9 Å². The van der Waals surface area contributed by atoms with Gasteiger partial charge in [-0.3, -0.25) is 0 Å². The van der Waals surface area contributed by atoms with Gasteiger partial charge in [0.15, 0.2) is 14.0 Å². The lowest BCUT2D eigenvalue weighted by Crippen LogP contribution is -2.40. The van der Waals surface area contributed by atoms with E-state index in [1.165, 1.54) is 6.07 Å². The SMILES string of the molecule is Cc1c(F)cccc1Cc1c(CO[Si](C)(C)C(C)(C)C)nc2ccc(N3CCOCC3)nn12. The van der Waals surface area contributed by atoms with Crippen LogP contribution in [0.1, 0.15) is 43.3 Å². The molecule has 1 aliphatic heterocycles. The molecule has 0 unspecified atom stereocenters. The van der Waals surface area contributed by atoms with Gasteiger partial charge in [0, 0.05) is 19.5 Å². The van der Waals surface area contributed by atoms with Crippen LogP contribution >= 0.6 is 0 Å². The minimum absolute atomic E-state index is 0.104. The third-order valence-electron chi connectivity index (χ3n) is 7.09. The normalized spacial score (nSPS) is 15.4. The van der Waals surface area contributed by atoms with Crippen molar-refractivity contribution in [2.24, 2.45) is 0 Å². The minimum Gasteiger partial charge on any atom is -0.411 e. The maximum absolute atomic E-state index is 14.3. The summed E-state index contributed by atoms with van der Waals surface area (Å²) in [6, 6.07) is 9.27. The molecule has 1 saturated heterocycles. The number of hydrogen-bond acceptors (Lipinski definition) is 5. The fourth-order valence-electron chi connectivity index (χ4n) is 3.76. The van der Waals surface area contributed by atoms with Gasteiger partial charge in [-0.05, 0) is 54.4 Å². The minimum atomic E-state index is -1.96. The summed E-state index contributed by atoms with van der Waals surface area (Å²) in [7, 11) is -1.96. The van der Waals surface area contributed by atoms with Crippen molar-refractivity contribution in [3.8, 4) is 0 Å². The van der Waals surface area contributed by atoms with E-state index in [1.54, 1.807) is 6.07 Å². The Balaban J connectivity index is 1.75. The van der Waals surface area contributed by atoms with E-state index in [0.717, 1.165) is 41.5 Å². The fourth-order valence-corrected chi connectivity index (χ4v) is 4.69. The average Bonchev–Trinajstić information content (AvgIpc) is 3.12. The summed E-state index contributed by atoms with van der Waals surface area (Å²) >= 11 is 0. The highest BCUT2D eigenvalue weighted by Crippen LogP contribution is 2.37. The van der Waals surface area contributed by atoms with Crippen molar-refractivity contribution < 1.29 is 13.6 Å². The standard InChI is InChI=1S/C25H35FN4O2Si/c1-18-19(8-7-9-20(18)26)16-22-21(17-32-33(5,6)25(2,3)4)27-23-10-11-24(28-30(22)23)29-12-14-31-15-13-29/h7-11H,12-17H2,1-6H3. The smallest absolute Gasteiger partial charge is 0.192 e. The monoisotopic (exact) mass is 470 g/mol. The first kappa shape index (κ1) is 23.9. The Hall–Kier alpha value is -2.29. The molecule has 4 rings (SSSR count). The largest absolute Gasteiger partial charge is 0.411 e. The van der Waals surface area contributed by atoms with E-state index in [9.17, 15) is 4.39 Å². The predicted octanol–water partition coefficient (Wildman–Crippen LogP) is 5.13. The first-order chi connectivity index (χ1) is 15.6. The number of morpholine rings is 1. The van der Waals surface area contributed by atoms with Crippen molar-refractivity contribution in [1.29, 1.82) is 0 Å². The number of anilines is 1. The first-order valence-electron chi connectivity index (χ1n) is 11.6. The van der Waals surface area contributed by atoms with Crippen molar-refractivity contribution in [2.45, 2.75) is 58.9 Å². The number of hydrogen-bond donors (Lipinski definition) is 0. The van der Waals surface area contributed by atoms with Crippen LogP contribution in [0.4, 0.5) is 10.2 Å². The molecular weight excluding hydrogens is 435 g/mol. The molecule has 8 heteroatoms. The Morgan fingerprint density at radius 3 is 2.55 bits per heavy atom. The van der Waals surface area contributed by atoms with Gasteiger partial charge in [0.05, 0.1) is 31.2 Å². The molecule has 1 aromatic carbocycles. The van der Waals surface area contributed by atoms with Gasteiger partial charge in [-0.15, -0.1) is 5.10 Å². The molecule has 1 aliphatic rings. The zero-order valence-corrected chi connectivity index (χ0v) is 21.6. The zero-order chi connectivity index (χ0) is 23.8. The van der Waals surface area contributed by atoms with Crippen molar-refractivity contribution >= 4 is 19.8 Å². The van der Waals surface area contributed by atoms with Crippen molar-refractivity contribution in [2.75, 3.05) is 31.2 Å². The number of fused-ring (bicyclic) bond motifs is 1. The van der Waals surface area contributed by atoms with Crippen molar-refractivity contribution in [1.82, 2.24) is 14.6 Å². The van der Waals surface area contributed by atoms with Gasteiger partial charge >= 0.3 is 0 Å². The second-order valence-electron chi connectivity index (χ2n) is 10.3. The molecule has 178 valence electrons. The van der Waals surface area contributed by atoms with E-state index in [2.05, 4.69) is 38.8 Å². The van der Waals surface area contributed by atoms with E-state index in [4.69, 9.17) is 19.2 Å². The lowest BCUT2D eigenvalue weighted by Gasteiger charge is -2.36. The highest BCUT2D eigenvalue weighted by atomic mass is 28.4. The molecular formula is C25H35FN4O2Si. The molecule has 2 aromatic heterocycles. The molecule has 0 bridgehead atoms. The van der Waals surface area contributed by atoms with Crippen LogP contribution in [0.3, 0.4) is 0 Å². The predicted molar refractivity (Wildman–Crippen MR) is 132 cm³/mol. The lowest BCUT2D eigenvalue weighted by atomic mass is 10.0. The summed E-state index contributed by atoms with van der Waals surface area (Å²) in [6.45, 7) is 16.5. The molecule has 33 heavy (non-hydrogen) atoms. The van der Waals surface area contributed by atoms with Crippen LogP contribution in [0.15, 0.2) is 30.3 Å². The van der Waals surface area contributed by atoms with E-state index in [1.807, 2.05) is 29.6 Å². The fraction of sp³-hybridized carbons (Fsp3) is 0.520. The maximum Gasteiger partial charge on any atom is 0.192 e. The van der Waals surface area contributed by atoms with Crippen molar-refractivity contribution in [3.63, 3.8) is 0 Å². The van der Waals surface area contributed by atoms with Crippen LogP contribution in [0, 0.1) is 12.7 Å². The van der Waals surface area contributed by atoms with Gasteiger partial charge in [0.1, 0.15) is 11.6 Å². The quantitative estimate of drug-likeness (QED) is 0.468. The number of rotatable bonds is 6. The molecule has 0 spiro atoms. The van der Waals surface area contributed by atoms with E-state index < -0.39 is 8.32 Å². The van der Waals surface area contributed by atoms with Crippen LogP contribution in [0.25, 0.3) is 5.65 Å². The molecule has 0 amide bonds. The van der Waals surface area contributed by atoms with Crippen LogP contribution in [-0.4, -0.2) is 49.2 Å². The Bertz CT molecular complexity index is 1130. The first-order valence-corrected chi connectivity index (χ1v) is 14.6. The maximum atomic E-state index is 14.3. The lowest BCUT2D eigenvalue weighted by molar-refractivity contribution is 0.122. The van der Waals surface area contributed by atoms with Crippen LogP contribution in [0.5, 0.6) is 0 Å². The highest BCUT2D eigenvalue weighted by Gasteiger charge is 2.37. The van der Waals surface area contributed by atoms with E-state index in [-0.39, 0.29) is 10.9 Å².